The van der Waals surface area contributed by atoms with Crippen molar-refractivity contribution in [1.82, 2.24) is 5.32 Å². The van der Waals surface area contributed by atoms with Crippen molar-refractivity contribution in [3.8, 4) is 0 Å². The maximum Gasteiger partial charge on any atom is 0.261 e. The highest BCUT2D eigenvalue weighted by Gasteiger charge is 2.16. The van der Waals surface area contributed by atoms with Crippen molar-refractivity contribution in [2.75, 3.05) is 6.54 Å². The van der Waals surface area contributed by atoms with E-state index in [2.05, 4.69) is 5.32 Å². The van der Waals surface area contributed by atoms with Gasteiger partial charge in [0.05, 0.1) is 4.90 Å². The monoisotopic (exact) mass is 329 g/mol. The number of carbonyl (C=O) groups excluding carboxylic acids is 1. The number of benzene rings is 1. The second-order valence-corrected chi connectivity index (χ2v) is 8.08. The van der Waals surface area contributed by atoms with Crippen LogP contribution in [0.5, 0.6) is 0 Å². The Kier molecular flexibility index (Phi) is 5.65. The molecule has 6 heteroatoms. The van der Waals surface area contributed by atoms with Crippen LogP contribution in [0.3, 0.4) is 0 Å². The van der Waals surface area contributed by atoms with Crippen LogP contribution in [0.15, 0.2) is 29.2 Å². The molecule has 1 aliphatic rings. The summed E-state index contributed by atoms with van der Waals surface area (Å²) >= 11 is 0. The summed E-state index contributed by atoms with van der Waals surface area (Å²) in [5, 5.41) is 2.93. The summed E-state index contributed by atoms with van der Waals surface area (Å²) in [6, 6.07) is 6.31. The number of rotatable bonds is 7. The lowest BCUT2D eigenvalue weighted by atomic mass is 9.83. The molecule has 1 amide bonds. The molecule has 1 aromatic carbocycles. The van der Waals surface area contributed by atoms with Gasteiger partial charge in [-0.05, 0) is 36.5 Å². The molecular formula is C15H20ClNO3S. The first-order valence-electron chi connectivity index (χ1n) is 7.25. The normalized spacial score (nSPS) is 15.5. The maximum atomic E-state index is 11.7. The van der Waals surface area contributed by atoms with E-state index in [1.54, 1.807) is 12.1 Å². The predicted octanol–water partition coefficient (Wildman–Crippen LogP) is 2.85. The van der Waals surface area contributed by atoms with E-state index in [1.807, 2.05) is 0 Å². The second-order valence-electron chi connectivity index (χ2n) is 5.52. The van der Waals surface area contributed by atoms with Crippen molar-refractivity contribution in [3.05, 3.63) is 29.8 Å². The van der Waals surface area contributed by atoms with Crippen molar-refractivity contribution >= 4 is 25.6 Å². The van der Waals surface area contributed by atoms with Crippen molar-refractivity contribution in [3.63, 3.8) is 0 Å². The van der Waals surface area contributed by atoms with Crippen molar-refractivity contribution < 1.29 is 13.2 Å². The van der Waals surface area contributed by atoms with Gasteiger partial charge in [0.2, 0.25) is 5.91 Å². The van der Waals surface area contributed by atoms with E-state index in [4.69, 9.17) is 10.7 Å². The quantitative estimate of drug-likeness (QED) is 0.782. The van der Waals surface area contributed by atoms with Gasteiger partial charge in [-0.25, -0.2) is 8.42 Å². The molecule has 1 saturated carbocycles. The standard InChI is InChI=1S/C15H20ClNO3S/c16-21(19,20)14-7-4-13(5-8-14)6-9-15(18)17-11-10-12-2-1-3-12/h4-5,7-8,12H,1-3,6,9-11H2,(H,17,18). The lowest BCUT2D eigenvalue weighted by Gasteiger charge is -2.25. The fourth-order valence-electron chi connectivity index (χ4n) is 2.36. The average molecular weight is 330 g/mol. The third kappa shape index (κ3) is 5.32. The molecule has 0 saturated heterocycles. The van der Waals surface area contributed by atoms with E-state index in [9.17, 15) is 13.2 Å². The predicted molar refractivity (Wildman–Crippen MR) is 82.8 cm³/mol. The lowest BCUT2D eigenvalue weighted by molar-refractivity contribution is -0.121. The molecule has 0 aromatic heterocycles. The Morgan fingerprint density at radius 2 is 1.90 bits per heavy atom. The van der Waals surface area contributed by atoms with Gasteiger partial charge in [0.1, 0.15) is 0 Å². The van der Waals surface area contributed by atoms with Gasteiger partial charge in [-0.3, -0.25) is 4.79 Å². The second kappa shape index (κ2) is 7.27. The molecule has 0 bridgehead atoms. The highest BCUT2D eigenvalue weighted by Crippen LogP contribution is 2.28. The molecule has 2 rings (SSSR count). The topological polar surface area (TPSA) is 63.2 Å². The summed E-state index contributed by atoms with van der Waals surface area (Å²) < 4.78 is 22.2. The zero-order valence-electron chi connectivity index (χ0n) is 11.8. The van der Waals surface area contributed by atoms with E-state index in [-0.39, 0.29) is 10.8 Å². The first kappa shape index (κ1) is 16.3. The summed E-state index contributed by atoms with van der Waals surface area (Å²) in [7, 11) is 1.57. The molecule has 1 N–H and O–H groups in total. The Bertz CT molecular complexity index is 579. The van der Waals surface area contributed by atoms with Gasteiger partial charge in [-0.15, -0.1) is 0 Å². The molecular weight excluding hydrogens is 310 g/mol. The van der Waals surface area contributed by atoms with Crippen LogP contribution in [0.1, 0.15) is 37.7 Å². The molecule has 1 fully saturated rings. The lowest BCUT2D eigenvalue weighted by Crippen LogP contribution is -2.27. The third-order valence-electron chi connectivity index (χ3n) is 3.95. The fourth-order valence-corrected chi connectivity index (χ4v) is 3.13. The smallest absolute Gasteiger partial charge is 0.261 e. The molecule has 1 aromatic rings. The number of aryl methyl sites for hydroxylation is 1. The molecule has 0 heterocycles. The van der Waals surface area contributed by atoms with Gasteiger partial charge < -0.3 is 5.32 Å². The third-order valence-corrected chi connectivity index (χ3v) is 5.31. The summed E-state index contributed by atoms with van der Waals surface area (Å²) in [5.41, 5.74) is 0.924. The number of nitrogens with one attached hydrogen (secondary N) is 1. The van der Waals surface area contributed by atoms with Crippen LogP contribution in [0.4, 0.5) is 0 Å². The Labute approximate surface area is 130 Å². The van der Waals surface area contributed by atoms with E-state index >= 15 is 0 Å². The number of hydrogen-bond acceptors (Lipinski definition) is 3. The molecule has 116 valence electrons. The minimum Gasteiger partial charge on any atom is -0.356 e. The highest BCUT2D eigenvalue weighted by atomic mass is 35.7. The van der Waals surface area contributed by atoms with Crippen LogP contribution in [0.2, 0.25) is 0 Å². The van der Waals surface area contributed by atoms with E-state index in [1.165, 1.54) is 31.4 Å². The van der Waals surface area contributed by atoms with Crippen LogP contribution < -0.4 is 5.32 Å². The van der Waals surface area contributed by atoms with Gasteiger partial charge in [-0.1, -0.05) is 31.4 Å². The first-order chi connectivity index (χ1) is 9.95. The Morgan fingerprint density at radius 3 is 2.43 bits per heavy atom. The van der Waals surface area contributed by atoms with Crippen LogP contribution >= 0.6 is 10.7 Å². The van der Waals surface area contributed by atoms with E-state index in [0.717, 1.165) is 24.4 Å². The summed E-state index contributed by atoms with van der Waals surface area (Å²) in [6.45, 7) is 0.757. The van der Waals surface area contributed by atoms with Gasteiger partial charge >= 0.3 is 0 Å². The molecule has 0 unspecified atom stereocenters. The minimum absolute atomic E-state index is 0.0448. The molecule has 0 aliphatic heterocycles. The molecule has 21 heavy (non-hydrogen) atoms. The average Bonchev–Trinajstić information content (AvgIpc) is 2.39. The van der Waals surface area contributed by atoms with Gasteiger partial charge in [0.15, 0.2) is 0 Å². The van der Waals surface area contributed by atoms with Crippen LogP contribution in [0.25, 0.3) is 0 Å². The Balaban J connectivity index is 1.70. The van der Waals surface area contributed by atoms with E-state index in [0.29, 0.717) is 12.8 Å². The van der Waals surface area contributed by atoms with Gasteiger partial charge in [0, 0.05) is 23.6 Å². The van der Waals surface area contributed by atoms with Crippen LogP contribution in [0, 0.1) is 5.92 Å². The van der Waals surface area contributed by atoms with Crippen LogP contribution in [-0.2, 0) is 20.3 Å². The van der Waals surface area contributed by atoms with Crippen LogP contribution in [-0.4, -0.2) is 20.9 Å². The molecule has 0 radical (unpaired) electrons. The number of amides is 1. The molecule has 0 atom stereocenters. The summed E-state index contributed by atoms with van der Waals surface area (Å²) in [5.74, 6) is 0.846. The van der Waals surface area contributed by atoms with Gasteiger partial charge in [0.25, 0.3) is 9.05 Å². The SMILES string of the molecule is O=C(CCc1ccc(S(=O)(=O)Cl)cc1)NCCC1CCC1. The van der Waals surface area contributed by atoms with Gasteiger partial charge in [-0.2, -0.15) is 0 Å². The molecule has 0 spiro atoms. The number of hydrogen-bond donors (Lipinski definition) is 1. The van der Waals surface area contributed by atoms with Crippen molar-refractivity contribution in [1.29, 1.82) is 0 Å². The number of carbonyl (C=O) groups is 1. The zero-order chi connectivity index (χ0) is 15.3. The molecule has 1 aliphatic carbocycles. The summed E-state index contributed by atoms with van der Waals surface area (Å²) in [4.78, 5) is 11.8. The van der Waals surface area contributed by atoms with E-state index < -0.39 is 9.05 Å². The Morgan fingerprint density at radius 1 is 1.24 bits per heavy atom. The fraction of sp³-hybridized carbons (Fsp3) is 0.533. The maximum absolute atomic E-state index is 11.7. The molecule has 4 nitrogen and oxygen atoms in total. The largest absolute Gasteiger partial charge is 0.356 e. The minimum atomic E-state index is -3.68. The van der Waals surface area contributed by atoms with Crippen molar-refractivity contribution in [2.24, 2.45) is 5.92 Å². The number of halogens is 1. The first-order valence-corrected chi connectivity index (χ1v) is 9.56. The summed E-state index contributed by atoms with van der Waals surface area (Å²) in [6.07, 6.45) is 6.01. The Hall–Kier alpha value is -1.07. The van der Waals surface area contributed by atoms with Crippen molar-refractivity contribution in [2.45, 2.75) is 43.4 Å². The zero-order valence-corrected chi connectivity index (χ0v) is 13.4. The highest BCUT2D eigenvalue weighted by molar-refractivity contribution is 8.13.